The van der Waals surface area contributed by atoms with E-state index in [0.29, 0.717) is 6.54 Å². The summed E-state index contributed by atoms with van der Waals surface area (Å²) < 4.78 is 5.60. The third-order valence-corrected chi connectivity index (χ3v) is 3.14. The molecule has 0 atom stereocenters. The quantitative estimate of drug-likeness (QED) is 0.826. The third-order valence-electron chi connectivity index (χ3n) is 3.14. The smallest absolute Gasteiger partial charge is 0.122 e. The Hall–Kier alpha value is -1.81. The topological polar surface area (TPSA) is 63.9 Å². The third kappa shape index (κ3) is 1.80. The highest BCUT2D eigenvalue weighted by Crippen LogP contribution is 2.30. The van der Waals surface area contributed by atoms with Crippen LogP contribution >= 0.6 is 0 Å². The van der Waals surface area contributed by atoms with Crippen molar-refractivity contribution in [3.8, 4) is 16.9 Å². The second-order valence-electron chi connectivity index (χ2n) is 4.24. The monoisotopic (exact) mass is 229 g/mol. The van der Waals surface area contributed by atoms with Crippen molar-refractivity contribution in [2.24, 2.45) is 5.73 Å². The first-order chi connectivity index (χ1) is 8.38. The molecule has 0 amide bonds. The van der Waals surface area contributed by atoms with Gasteiger partial charge in [-0.15, -0.1) is 0 Å². The van der Waals surface area contributed by atoms with E-state index in [1.165, 1.54) is 5.56 Å². The predicted octanol–water partition coefficient (Wildman–Crippen LogP) is 1.86. The summed E-state index contributed by atoms with van der Waals surface area (Å²) in [6.45, 7) is 1.30. The number of rotatable bonds is 2. The standard InChI is InChI=1S/C13H15N3O/c14-7-12-11(8-15-16-12)9-3-4-13-10(6-9)2-1-5-17-13/h3-4,6,8H,1-2,5,7,14H2,(H,15,16). The molecule has 17 heavy (non-hydrogen) atoms. The van der Waals surface area contributed by atoms with Gasteiger partial charge >= 0.3 is 0 Å². The summed E-state index contributed by atoms with van der Waals surface area (Å²) in [5, 5.41) is 6.97. The van der Waals surface area contributed by atoms with Crippen molar-refractivity contribution in [2.45, 2.75) is 19.4 Å². The molecule has 88 valence electrons. The van der Waals surface area contributed by atoms with Gasteiger partial charge in [-0.1, -0.05) is 6.07 Å². The molecule has 1 aromatic carbocycles. The van der Waals surface area contributed by atoms with Gasteiger partial charge in [-0.3, -0.25) is 5.10 Å². The van der Waals surface area contributed by atoms with E-state index in [1.807, 2.05) is 12.3 Å². The van der Waals surface area contributed by atoms with Crippen LogP contribution in [0, 0.1) is 0 Å². The summed E-state index contributed by atoms with van der Waals surface area (Å²) in [7, 11) is 0. The lowest BCUT2D eigenvalue weighted by molar-refractivity contribution is 0.288. The molecule has 1 aromatic heterocycles. The van der Waals surface area contributed by atoms with Crippen molar-refractivity contribution in [3.05, 3.63) is 35.7 Å². The molecule has 0 aliphatic carbocycles. The van der Waals surface area contributed by atoms with Gasteiger partial charge in [0, 0.05) is 12.1 Å². The molecule has 0 fully saturated rings. The van der Waals surface area contributed by atoms with Gasteiger partial charge in [0.2, 0.25) is 0 Å². The van der Waals surface area contributed by atoms with E-state index in [-0.39, 0.29) is 0 Å². The molecule has 2 aromatic rings. The van der Waals surface area contributed by atoms with Gasteiger partial charge in [-0.2, -0.15) is 5.10 Å². The number of hydrogen-bond donors (Lipinski definition) is 2. The maximum Gasteiger partial charge on any atom is 0.122 e. The number of nitrogens with zero attached hydrogens (tertiary/aromatic N) is 1. The van der Waals surface area contributed by atoms with Crippen molar-refractivity contribution in [2.75, 3.05) is 6.61 Å². The number of nitrogens with one attached hydrogen (secondary N) is 1. The fourth-order valence-corrected chi connectivity index (χ4v) is 2.25. The van der Waals surface area contributed by atoms with E-state index in [9.17, 15) is 0 Å². The second kappa shape index (κ2) is 4.22. The van der Waals surface area contributed by atoms with Crippen LogP contribution in [0.3, 0.4) is 0 Å². The van der Waals surface area contributed by atoms with Gasteiger partial charge in [0.25, 0.3) is 0 Å². The van der Waals surface area contributed by atoms with Crippen LogP contribution < -0.4 is 10.5 Å². The van der Waals surface area contributed by atoms with Crippen LogP contribution in [0.15, 0.2) is 24.4 Å². The van der Waals surface area contributed by atoms with E-state index in [0.717, 1.165) is 42.0 Å². The van der Waals surface area contributed by atoms with Crippen LogP contribution in [0.2, 0.25) is 0 Å². The Labute approximate surface area is 99.8 Å². The number of aryl methyl sites for hydroxylation is 1. The number of aromatic amines is 1. The number of fused-ring (bicyclic) bond motifs is 1. The first-order valence-corrected chi connectivity index (χ1v) is 5.87. The number of hydrogen-bond acceptors (Lipinski definition) is 3. The van der Waals surface area contributed by atoms with E-state index in [1.54, 1.807) is 0 Å². The Bertz CT molecular complexity index is 533. The van der Waals surface area contributed by atoms with Crippen molar-refractivity contribution < 1.29 is 4.74 Å². The highest BCUT2D eigenvalue weighted by atomic mass is 16.5. The molecule has 3 N–H and O–H groups in total. The van der Waals surface area contributed by atoms with Crippen molar-refractivity contribution in [3.63, 3.8) is 0 Å². The molecule has 1 aliphatic heterocycles. The largest absolute Gasteiger partial charge is 0.493 e. The SMILES string of the molecule is NCc1[nH]ncc1-c1ccc2c(c1)CCCO2. The van der Waals surface area contributed by atoms with Gasteiger partial charge in [-0.05, 0) is 36.1 Å². The highest BCUT2D eigenvalue weighted by molar-refractivity contribution is 5.67. The average molecular weight is 229 g/mol. The number of nitrogens with two attached hydrogens (primary N) is 1. The van der Waals surface area contributed by atoms with Crippen LogP contribution in [0.25, 0.3) is 11.1 Å². The van der Waals surface area contributed by atoms with E-state index < -0.39 is 0 Å². The van der Waals surface area contributed by atoms with Gasteiger partial charge in [0.1, 0.15) is 5.75 Å². The zero-order chi connectivity index (χ0) is 11.7. The van der Waals surface area contributed by atoms with Crippen LogP contribution in [0.1, 0.15) is 17.7 Å². The van der Waals surface area contributed by atoms with E-state index >= 15 is 0 Å². The lowest BCUT2D eigenvalue weighted by Crippen LogP contribution is -2.08. The van der Waals surface area contributed by atoms with Crippen molar-refractivity contribution in [1.82, 2.24) is 10.2 Å². The van der Waals surface area contributed by atoms with Gasteiger partial charge in [0.15, 0.2) is 0 Å². The van der Waals surface area contributed by atoms with Gasteiger partial charge in [0.05, 0.1) is 18.5 Å². The Kier molecular flexibility index (Phi) is 2.57. The zero-order valence-electron chi connectivity index (χ0n) is 9.57. The number of benzene rings is 1. The molecular weight excluding hydrogens is 214 g/mol. The number of aromatic nitrogens is 2. The minimum atomic E-state index is 0.475. The van der Waals surface area contributed by atoms with E-state index in [2.05, 4.69) is 22.3 Å². The molecule has 0 saturated carbocycles. The van der Waals surface area contributed by atoms with Crippen molar-refractivity contribution in [1.29, 1.82) is 0 Å². The van der Waals surface area contributed by atoms with Crippen LogP contribution in [-0.4, -0.2) is 16.8 Å². The number of ether oxygens (including phenoxy) is 1. The molecule has 0 bridgehead atoms. The first kappa shape index (κ1) is 10.4. The van der Waals surface area contributed by atoms with Crippen LogP contribution in [-0.2, 0) is 13.0 Å². The Morgan fingerprint density at radius 3 is 3.24 bits per heavy atom. The van der Waals surface area contributed by atoms with E-state index in [4.69, 9.17) is 10.5 Å². The highest BCUT2D eigenvalue weighted by Gasteiger charge is 2.13. The van der Waals surface area contributed by atoms with Crippen molar-refractivity contribution >= 4 is 0 Å². The Balaban J connectivity index is 2.04. The molecule has 0 radical (unpaired) electrons. The molecular formula is C13H15N3O. The molecule has 0 unspecified atom stereocenters. The average Bonchev–Trinajstić information content (AvgIpc) is 2.86. The molecule has 1 aliphatic rings. The normalized spacial score (nSPS) is 14.2. The van der Waals surface area contributed by atoms with Gasteiger partial charge < -0.3 is 10.5 Å². The molecule has 2 heterocycles. The zero-order valence-corrected chi connectivity index (χ0v) is 9.57. The molecule has 4 nitrogen and oxygen atoms in total. The second-order valence-corrected chi connectivity index (χ2v) is 4.24. The maximum atomic E-state index is 5.67. The summed E-state index contributed by atoms with van der Waals surface area (Å²) in [6, 6.07) is 6.28. The minimum absolute atomic E-state index is 0.475. The fraction of sp³-hybridized carbons (Fsp3) is 0.308. The molecule has 4 heteroatoms. The lowest BCUT2D eigenvalue weighted by Gasteiger charge is -2.17. The van der Waals surface area contributed by atoms with Crippen LogP contribution in [0.4, 0.5) is 0 Å². The summed E-state index contributed by atoms with van der Waals surface area (Å²) in [5.41, 5.74) is 10.2. The molecule has 0 saturated heterocycles. The van der Waals surface area contributed by atoms with Crippen LogP contribution in [0.5, 0.6) is 5.75 Å². The predicted molar refractivity (Wildman–Crippen MR) is 65.7 cm³/mol. The Morgan fingerprint density at radius 1 is 1.41 bits per heavy atom. The molecule has 0 spiro atoms. The first-order valence-electron chi connectivity index (χ1n) is 5.87. The summed E-state index contributed by atoms with van der Waals surface area (Å²) >= 11 is 0. The summed E-state index contributed by atoms with van der Waals surface area (Å²) in [4.78, 5) is 0. The maximum absolute atomic E-state index is 5.67. The lowest BCUT2D eigenvalue weighted by atomic mass is 9.99. The number of H-pyrrole nitrogens is 1. The summed E-state index contributed by atoms with van der Waals surface area (Å²) in [6.07, 6.45) is 4.00. The van der Waals surface area contributed by atoms with Gasteiger partial charge in [-0.25, -0.2) is 0 Å². The Morgan fingerprint density at radius 2 is 2.35 bits per heavy atom. The summed E-state index contributed by atoms with van der Waals surface area (Å²) in [5.74, 6) is 1.01. The minimum Gasteiger partial charge on any atom is -0.493 e. The fourth-order valence-electron chi connectivity index (χ4n) is 2.25. The molecule has 3 rings (SSSR count).